The first-order valence-corrected chi connectivity index (χ1v) is 4.91. The van der Waals surface area contributed by atoms with Crippen LogP contribution in [0.5, 0.6) is 0 Å². The van der Waals surface area contributed by atoms with Crippen LogP contribution >= 0.6 is 0 Å². The molecule has 0 aromatic heterocycles. The van der Waals surface area contributed by atoms with Crippen molar-refractivity contribution in [1.82, 2.24) is 0 Å². The number of hydrogen-bond donors (Lipinski definition) is 1. The summed E-state index contributed by atoms with van der Waals surface area (Å²) in [6.45, 7) is 2.13. The van der Waals surface area contributed by atoms with E-state index >= 15 is 0 Å². The Kier molecular flexibility index (Phi) is 24.8. The van der Waals surface area contributed by atoms with Crippen molar-refractivity contribution in [3.63, 3.8) is 0 Å². The fourth-order valence-corrected chi connectivity index (χ4v) is 0.596. The minimum absolute atomic E-state index is 0. The van der Waals surface area contributed by atoms with Crippen LogP contribution in [0.4, 0.5) is 0 Å². The van der Waals surface area contributed by atoms with Crippen molar-refractivity contribution < 1.29 is 39.1 Å². The van der Waals surface area contributed by atoms with Crippen LogP contribution in [0.15, 0.2) is 12.8 Å². The largest absolute Gasteiger partial charge is 2.00 e. The average molecular weight is 291 g/mol. The van der Waals surface area contributed by atoms with Crippen LogP contribution in [0, 0.1) is 0 Å². The molecule has 0 bridgehead atoms. The Morgan fingerprint density at radius 3 is 2.47 bits per heavy atom. The maximum Gasteiger partial charge on any atom is 2.00 e. The van der Waals surface area contributed by atoms with E-state index in [0.29, 0.717) is 0 Å². The molecule has 1 atom stereocenters. The fraction of sp³-hybridized carbons (Fsp3) is 0.700. The number of carbonyl (C=O) groups is 1. The summed E-state index contributed by atoms with van der Waals surface area (Å²) in [5, 5.41) is 27.8. The van der Waals surface area contributed by atoms with Crippen LogP contribution in [-0.4, -0.2) is 80.7 Å². The first-order chi connectivity index (χ1) is 8.62. The van der Waals surface area contributed by atoms with Crippen molar-refractivity contribution in [2.24, 2.45) is 0 Å². The number of hydrogen-bond acceptors (Lipinski definition) is 8. The molecular formula is C10H18MgO8. The third-order valence-electron chi connectivity index (χ3n) is 1.41. The van der Waals surface area contributed by atoms with Crippen LogP contribution in [0.25, 0.3) is 0 Å². The van der Waals surface area contributed by atoms with Crippen molar-refractivity contribution >= 4 is 29.0 Å². The molecule has 0 aliphatic rings. The molecule has 0 aromatic rings. The monoisotopic (exact) mass is 290 g/mol. The summed E-state index contributed by atoms with van der Waals surface area (Å²) in [4.78, 5) is 9.64. The van der Waals surface area contributed by atoms with E-state index in [1.165, 1.54) is 7.11 Å². The Hall–Kier alpha value is -0.424. The van der Waals surface area contributed by atoms with E-state index in [4.69, 9.17) is 5.11 Å². The van der Waals surface area contributed by atoms with Crippen LogP contribution in [0.3, 0.4) is 0 Å². The Morgan fingerprint density at radius 1 is 1.47 bits per heavy atom. The number of carboxylic acids is 1. The predicted octanol–water partition coefficient (Wildman–Crippen LogP) is -3.18. The third kappa shape index (κ3) is 23.1. The number of carboxylic acid groups (broad SMARTS) is 1. The molecule has 1 unspecified atom stereocenters. The van der Waals surface area contributed by atoms with Gasteiger partial charge >= 0.3 is 23.1 Å². The Bertz CT molecular complexity index is 198. The molecule has 0 spiro atoms. The van der Waals surface area contributed by atoms with Gasteiger partial charge in [-0.05, 0) is 6.79 Å². The molecule has 8 nitrogen and oxygen atoms in total. The third-order valence-corrected chi connectivity index (χ3v) is 1.41. The van der Waals surface area contributed by atoms with Gasteiger partial charge in [0.1, 0.15) is 6.10 Å². The molecule has 0 aliphatic carbocycles. The van der Waals surface area contributed by atoms with Crippen LogP contribution in [0.1, 0.15) is 0 Å². The SMILES string of the molecule is C=COCOCC(=O)[O-].COC(CO)COC[O-].[Mg+2]. The zero-order valence-corrected chi connectivity index (χ0v) is 12.3. The van der Waals surface area contributed by atoms with E-state index in [9.17, 15) is 15.0 Å². The van der Waals surface area contributed by atoms with E-state index in [1.807, 2.05) is 0 Å². The van der Waals surface area contributed by atoms with Crippen molar-refractivity contribution in [3.8, 4) is 0 Å². The number of aliphatic carboxylic acids is 1. The second kappa shape index (κ2) is 19.9. The molecular weight excluding hydrogens is 272 g/mol. The molecule has 19 heavy (non-hydrogen) atoms. The molecule has 0 aromatic carbocycles. The van der Waals surface area contributed by atoms with Gasteiger partial charge in [0, 0.05) is 7.11 Å². The Morgan fingerprint density at radius 2 is 2.11 bits per heavy atom. The summed E-state index contributed by atoms with van der Waals surface area (Å²) in [7, 11) is 1.45. The van der Waals surface area contributed by atoms with E-state index in [0.717, 1.165) is 6.26 Å². The Labute approximate surface area is 128 Å². The molecule has 0 amide bonds. The number of rotatable bonds is 10. The predicted molar refractivity (Wildman–Crippen MR) is 61.6 cm³/mol. The molecule has 0 heterocycles. The molecule has 108 valence electrons. The van der Waals surface area contributed by atoms with Gasteiger partial charge < -0.3 is 39.1 Å². The molecule has 0 saturated carbocycles. The maximum absolute atomic E-state index is 9.71. The summed E-state index contributed by atoms with van der Waals surface area (Å²) >= 11 is 0. The first-order valence-electron chi connectivity index (χ1n) is 4.91. The molecule has 0 fully saturated rings. The zero-order valence-electron chi connectivity index (χ0n) is 10.9. The summed E-state index contributed by atoms with van der Waals surface area (Å²) < 4.78 is 17.9. The second-order valence-corrected chi connectivity index (χ2v) is 2.70. The quantitative estimate of drug-likeness (QED) is 0.193. The minimum Gasteiger partial charge on any atom is -0.834 e. The van der Waals surface area contributed by atoms with Crippen LogP contribution < -0.4 is 10.2 Å². The topological polar surface area (TPSA) is 120 Å². The number of aliphatic hydroxyl groups is 1. The van der Waals surface area contributed by atoms with Gasteiger partial charge in [0.05, 0.1) is 32.1 Å². The minimum atomic E-state index is -1.26. The van der Waals surface area contributed by atoms with E-state index < -0.39 is 19.4 Å². The first kappa shape index (κ1) is 23.7. The van der Waals surface area contributed by atoms with Gasteiger partial charge in [-0.3, -0.25) is 0 Å². The van der Waals surface area contributed by atoms with Gasteiger partial charge in [-0.1, -0.05) is 6.58 Å². The van der Waals surface area contributed by atoms with Crippen LogP contribution in [0.2, 0.25) is 0 Å². The van der Waals surface area contributed by atoms with E-state index in [2.05, 4.69) is 25.5 Å². The summed E-state index contributed by atoms with van der Waals surface area (Å²) in [5.41, 5.74) is 0. The average Bonchev–Trinajstić information content (AvgIpc) is 2.37. The molecule has 1 N–H and O–H groups in total. The molecule has 0 radical (unpaired) electrons. The standard InChI is InChI=1S/C5H11O4.C5H8O4.Mg/c1-8-5(2-6)3-9-4-7;1-2-8-4-9-3-5(6)7;/h5-6H,2-4H2,1H3;2H,1,3-4H2,(H,6,7);/q-1;;+2/p-1. The van der Waals surface area contributed by atoms with Crippen LogP contribution in [-0.2, 0) is 23.7 Å². The number of methoxy groups -OCH3 is 1. The van der Waals surface area contributed by atoms with Crippen molar-refractivity contribution in [2.75, 3.05) is 40.5 Å². The normalized spacial score (nSPS) is 10.5. The fourth-order valence-electron chi connectivity index (χ4n) is 0.596. The van der Waals surface area contributed by atoms with Crippen molar-refractivity contribution in [3.05, 3.63) is 12.8 Å². The number of aliphatic hydroxyl groups excluding tert-OH is 1. The zero-order chi connectivity index (χ0) is 14.2. The van der Waals surface area contributed by atoms with Gasteiger partial charge in [-0.2, -0.15) is 0 Å². The number of ether oxygens (including phenoxy) is 4. The summed E-state index contributed by atoms with van der Waals surface area (Å²) in [6.07, 6.45) is 0.800. The second-order valence-electron chi connectivity index (χ2n) is 2.70. The molecule has 0 saturated heterocycles. The van der Waals surface area contributed by atoms with Gasteiger partial charge in [-0.25, -0.2) is 0 Å². The molecule has 0 aliphatic heterocycles. The van der Waals surface area contributed by atoms with E-state index in [1.54, 1.807) is 0 Å². The van der Waals surface area contributed by atoms with E-state index in [-0.39, 0.29) is 49.2 Å². The smallest absolute Gasteiger partial charge is 0.834 e. The van der Waals surface area contributed by atoms with Crippen molar-refractivity contribution in [1.29, 1.82) is 0 Å². The summed E-state index contributed by atoms with van der Waals surface area (Å²) in [5.74, 6) is -1.26. The van der Waals surface area contributed by atoms with Gasteiger partial charge in [0.15, 0.2) is 6.79 Å². The van der Waals surface area contributed by atoms with Crippen molar-refractivity contribution in [2.45, 2.75) is 6.10 Å². The van der Waals surface area contributed by atoms with Gasteiger partial charge in [0.2, 0.25) is 0 Å². The number of carbonyl (C=O) groups excluding carboxylic acids is 1. The Balaban J connectivity index is -0.000000256. The summed E-state index contributed by atoms with van der Waals surface area (Å²) in [6, 6.07) is 0. The molecule has 9 heteroatoms. The van der Waals surface area contributed by atoms with Gasteiger partial charge in [-0.15, -0.1) is 0 Å². The maximum atomic E-state index is 9.71. The molecule has 0 rings (SSSR count). The van der Waals surface area contributed by atoms with Gasteiger partial charge in [0.25, 0.3) is 0 Å².